The number of ether oxygens (including phenoxy) is 1. The Morgan fingerprint density at radius 1 is 1.11 bits per heavy atom. The summed E-state index contributed by atoms with van der Waals surface area (Å²) < 4.78 is 42.6. The predicted octanol–water partition coefficient (Wildman–Crippen LogP) is 3.82. The molecule has 1 aromatic rings. The molecule has 1 aromatic carbocycles. The number of carbonyl (C=O) groups excluding carboxylic acids is 1. The zero-order valence-corrected chi connectivity index (χ0v) is 10.4. The fraction of sp³-hybridized carbons (Fsp3) is 0.357. The number of ketones is 1. The zero-order valence-electron chi connectivity index (χ0n) is 10.4. The van der Waals surface area contributed by atoms with E-state index in [-0.39, 0.29) is 5.78 Å². The lowest BCUT2D eigenvalue weighted by Gasteiger charge is -2.18. The first-order valence-electron chi connectivity index (χ1n) is 5.91. The Hall–Kier alpha value is -1.78. The van der Waals surface area contributed by atoms with Crippen LogP contribution in [0, 0.1) is 0 Å². The zero-order chi connectivity index (χ0) is 14.0. The third kappa shape index (κ3) is 2.80. The molecule has 0 saturated heterocycles. The quantitative estimate of drug-likeness (QED) is 0.816. The average molecular weight is 270 g/mol. The number of rotatable bonds is 2. The second kappa shape index (κ2) is 5.07. The highest BCUT2D eigenvalue weighted by atomic mass is 19.4. The van der Waals surface area contributed by atoms with Gasteiger partial charge in [0, 0.05) is 12.8 Å². The van der Waals surface area contributed by atoms with E-state index in [1.54, 1.807) is 0 Å². The van der Waals surface area contributed by atoms with E-state index in [2.05, 4.69) is 0 Å². The Morgan fingerprint density at radius 3 is 2.26 bits per heavy atom. The summed E-state index contributed by atoms with van der Waals surface area (Å²) in [6, 6.07) is 4.61. The van der Waals surface area contributed by atoms with Crippen LogP contribution in [0.4, 0.5) is 13.2 Å². The third-order valence-electron chi connectivity index (χ3n) is 3.11. The normalized spacial score (nSPS) is 16.7. The van der Waals surface area contributed by atoms with Gasteiger partial charge in [-0.2, -0.15) is 13.2 Å². The number of halogens is 3. The molecular formula is C14H13F3O2. The van der Waals surface area contributed by atoms with Gasteiger partial charge in [-0.25, -0.2) is 0 Å². The molecule has 0 unspecified atom stereocenters. The van der Waals surface area contributed by atoms with Gasteiger partial charge in [0.25, 0.3) is 0 Å². The maximum absolute atomic E-state index is 12.5. The molecule has 0 fully saturated rings. The molecule has 2 nitrogen and oxygen atoms in total. The smallest absolute Gasteiger partial charge is 0.416 e. The summed E-state index contributed by atoms with van der Waals surface area (Å²) in [5.41, 5.74) is 0.163. The van der Waals surface area contributed by atoms with Crippen molar-refractivity contribution < 1.29 is 22.7 Å². The van der Waals surface area contributed by atoms with Gasteiger partial charge < -0.3 is 4.74 Å². The van der Waals surface area contributed by atoms with E-state index in [0.717, 1.165) is 12.1 Å². The van der Waals surface area contributed by atoms with Crippen LogP contribution in [0.1, 0.15) is 30.4 Å². The SMILES string of the molecule is COC1=C(c2ccc(C(F)(F)F)cc2)C(=O)CCC1. The molecule has 2 rings (SSSR count). The molecule has 0 aromatic heterocycles. The molecule has 0 N–H and O–H groups in total. The van der Waals surface area contributed by atoms with Crippen molar-refractivity contribution in [3.05, 3.63) is 41.2 Å². The Balaban J connectivity index is 2.41. The standard InChI is InChI=1S/C14H13F3O2/c1-19-12-4-2-3-11(18)13(12)9-5-7-10(8-6-9)14(15,16)17/h5-8H,2-4H2,1H3. The number of carbonyl (C=O) groups is 1. The first-order valence-corrected chi connectivity index (χ1v) is 5.91. The van der Waals surface area contributed by atoms with Crippen molar-refractivity contribution in [1.29, 1.82) is 0 Å². The molecule has 0 aliphatic heterocycles. The fourth-order valence-electron chi connectivity index (χ4n) is 2.17. The topological polar surface area (TPSA) is 26.3 Å². The maximum Gasteiger partial charge on any atom is 0.416 e. The van der Waals surface area contributed by atoms with Crippen LogP contribution >= 0.6 is 0 Å². The largest absolute Gasteiger partial charge is 0.500 e. The van der Waals surface area contributed by atoms with Crippen molar-refractivity contribution in [2.75, 3.05) is 7.11 Å². The average Bonchev–Trinajstić information content (AvgIpc) is 2.37. The summed E-state index contributed by atoms with van der Waals surface area (Å²) in [6.45, 7) is 0. The number of allylic oxidation sites excluding steroid dienone is 2. The summed E-state index contributed by atoms with van der Waals surface area (Å²) in [4.78, 5) is 11.9. The molecule has 0 radical (unpaired) electrons. The number of alkyl halides is 3. The van der Waals surface area contributed by atoms with Crippen LogP contribution in [-0.2, 0) is 15.7 Å². The molecule has 0 atom stereocenters. The second-order valence-corrected chi connectivity index (χ2v) is 4.35. The minimum Gasteiger partial charge on any atom is -0.500 e. The third-order valence-corrected chi connectivity index (χ3v) is 3.11. The van der Waals surface area contributed by atoms with Crippen molar-refractivity contribution in [1.82, 2.24) is 0 Å². The summed E-state index contributed by atoms with van der Waals surface area (Å²) in [7, 11) is 1.47. The van der Waals surface area contributed by atoms with Crippen molar-refractivity contribution >= 4 is 11.4 Å². The Bertz CT molecular complexity index is 512. The van der Waals surface area contributed by atoms with E-state index in [1.807, 2.05) is 0 Å². The molecule has 5 heteroatoms. The van der Waals surface area contributed by atoms with Crippen molar-refractivity contribution in [2.45, 2.75) is 25.4 Å². The highest BCUT2D eigenvalue weighted by Gasteiger charge is 2.30. The van der Waals surface area contributed by atoms with Crippen molar-refractivity contribution in [3.8, 4) is 0 Å². The lowest BCUT2D eigenvalue weighted by atomic mass is 9.90. The minimum atomic E-state index is -4.37. The molecule has 1 aliphatic carbocycles. The molecule has 0 amide bonds. The van der Waals surface area contributed by atoms with Crippen LogP contribution in [0.5, 0.6) is 0 Å². The monoisotopic (exact) mass is 270 g/mol. The van der Waals surface area contributed by atoms with Crippen LogP contribution in [0.25, 0.3) is 5.57 Å². The van der Waals surface area contributed by atoms with Gasteiger partial charge in [-0.15, -0.1) is 0 Å². The molecule has 1 aliphatic rings. The maximum atomic E-state index is 12.5. The highest BCUT2D eigenvalue weighted by molar-refractivity contribution is 6.21. The lowest BCUT2D eigenvalue weighted by Crippen LogP contribution is -2.12. The molecular weight excluding hydrogens is 257 g/mol. The van der Waals surface area contributed by atoms with Gasteiger partial charge in [0.2, 0.25) is 0 Å². The minimum absolute atomic E-state index is 0.0807. The number of Topliss-reactive ketones (excluding diaryl/α,β-unsaturated/α-hetero) is 1. The van der Waals surface area contributed by atoms with E-state index < -0.39 is 11.7 Å². The van der Waals surface area contributed by atoms with E-state index in [1.165, 1.54) is 19.2 Å². The van der Waals surface area contributed by atoms with Crippen LogP contribution in [0.15, 0.2) is 30.0 Å². The molecule has 19 heavy (non-hydrogen) atoms. The summed E-state index contributed by atoms with van der Waals surface area (Å²) >= 11 is 0. The molecule has 0 saturated carbocycles. The Kier molecular flexibility index (Phi) is 3.64. The first-order chi connectivity index (χ1) is 8.93. The van der Waals surface area contributed by atoms with E-state index >= 15 is 0 Å². The number of methoxy groups -OCH3 is 1. The van der Waals surface area contributed by atoms with E-state index in [4.69, 9.17) is 4.74 Å². The molecule has 102 valence electrons. The van der Waals surface area contributed by atoms with Crippen molar-refractivity contribution in [3.63, 3.8) is 0 Å². The number of hydrogen-bond acceptors (Lipinski definition) is 2. The summed E-state index contributed by atoms with van der Waals surface area (Å²) in [5.74, 6) is 0.471. The van der Waals surface area contributed by atoms with Gasteiger partial charge in [0.05, 0.1) is 18.2 Å². The first kappa shape index (κ1) is 13.6. The van der Waals surface area contributed by atoms with Crippen LogP contribution < -0.4 is 0 Å². The van der Waals surface area contributed by atoms with Crippen LogP contribution in [0.2, 0.25) is 0 Å². The van der Waals surface area contributed by atoms with Gasteiger partial charge in [0.15, 0.2) is 5.78 Å². The number of hydrogen-bond donors (Lipinski definition) is 0. The van der Waals surface area contributed by atoms with E-state index in [0.29, 0.717) is 36.2 Å². The predicted molar refractivity (Wildman–Crippen MR) is 64.2 cm³/mol. The Morgan fingerprint density at radius 2 is 1.74 bits per heavy atom. The van der Waals surface area contributed by atoms with Crippen LogP contribution in [0.3, 0.4) is 0 Å². The van der Waals surface area contributed by atoms with Gasteiger partial charge in [-0.05, 0) is 24.1 Å². The van der Waals surface area contributed by atoms with Gasteiger partial charge in [0.1, 0.15) is 5.76 Å². The second-order valence-electron chi connectivity index (χ2n) is 4.35. The Labute approximate surface area is 108 Å². The molecule has 0 bridgehead atoms. The fourth-order valence-corrected chi connectivity index (χ4v) is 2.17. The lowest BCUT2D eigenvalue weighted by molar-refractivity contribution is -0.137. The van der Waals surface area contributed by atoms with Gasteiger partial charge in [-0.1, -0.05) is 12.1 Å². The van der Waals surface area contributed by atoms with Gasteiger partial charge in [-0.3, -0.25) is 4.79 Å². The van der Waals surface area contributed by atoms with Crippen molar-refractivity contribution in [2.24, 2.45) is 0 Å². The summed E-state index contributed by atoms with van der Waals surface area (Å²) in [6.07, 6.45) is -2.61. The van der Waals surface area contributed by atoms with E-state index in [9.17, 15) is 18.0 Å². The molecule has 0 spiro atoms. The van der Waals surface area contributed by atoms with Crippen LogP contribution in [-0.4, -0.2) is 12.9 Å². The molecule has 0 heterocycles. The summed E-state index contributed by atoms with van der Waals surface area (Å²) in [5, 5.41) is 0. The van der Waals surface area contributed by atoms with Gasteiger partial charge >= 0.3 is 6.18 Å². The number of benzene rings is 1. The highest BCUT2D eigenvalue weighted by Crippen LogP contribution is 2.33.